The molecular weight excluding hydrogens is 649 g/mol. The van der Waals surface area contributed by atoms with E-state index in [0.29, 0.717) is 0 Å². The van der Waals surface area contributed by atoms with E-state index in [4.69, 9.17) is 13.3 Å². The summed E-state index contributed by atoms with van der Waals surface area (Å²) < 4.78 is 19.7. The summed E-state index contributed by atoms with van der Waals surface area (Å²) in [5.74, 6) is 0. The van der Waals surface area contributed by atoms with Gasteiger partial charge in [0.1, 0.15) is 33.5 Å². The number of benzene rings is 9. The number of hydrogen-bond acceptors (Lipinski definition) is 3. The van der Waals surface area contributed by atoms with Crippen LogP contribution in [0.2, 0.25) is 0 Å². The van der Waals surface area contributed by atoms with Crippen LogP contribution in [0.25, 0.3) is 121 Å². The molecule has 53 heavy (non-hydrogen) atoms. The standard InChI is InChI=1S/C50H28O3/c1-3-16-34-32(14-1)46(29-24-27-45-41(28-29)31-13-6-8-21-42(31)51-45)33-15-2-4-17-35(33)47(34)40-26-25-36(48-39-18-7-10-23-44(39)53-50(40)48)38-20-11-19-37-30-12-5-9-22-43(30)52-49(37)38/h1-28H. The molecular formula is C50H28O3. The van der Waals surface area contributed by atoms with Gasteiger partial charge in [-0.1, -0.05) is 133 Å². The van der Waals surface area contributed by atoms with Gasteiger partial charge in [0.05, 0.1) is 0 Å². The van der Waals surface area contributed by atoms with Crippen molar-refractivity contribution in [3.8, 4) is 33.4 Å². The molecule has 9 aromatic carbocycles. The maximum atomic E-state index is 6.92. The van der Waals surface area contributed by atoms with Crippen molar-refractivity contribution in [3.05, 3.63) is 170 Å². The Morgan fingerprint density at radius 3 is 1.45 bits per heavy atom. The Morgan fingerprint density at radius 1 is 0.264 bits per heavy atom. The van der Waals surface area contributed by atoms with Crippen molar-refractivity contribution in [1.82, 2.24) is 0 Å². The molecule has 0 aliphatic rings. The van der Waals surface area contributed by atoms with E-state index < -0.39 is 0 Å². The summed E-state index contributed by atoms with van der Waals surface area (Å²) in [6.07, 6.45) is 0. The van der Waals surface area contributed by atoms with Crippen molar-refractivity contribution in [2.45, 2.75) is 0 Å². The topological polar surface area (TPSA) is 39.4 Å². The van der Waals surface area contributed by atoms with Crippen molar-refractivity contribution in [2.24, 2.45) is 0 Å². The van der Waals surface area contributed by atoms with Gasteiger partial charge in [0, 0.05) is 49.0 Å². The van der Waals surface area contributed by atoms with Crippen LogP contribution in [-0.2, 0) is 0 Å². The molecule has 0 N–H and O–H groups in total. The smallest absolute Gasteiger partial charge is 0.143 e. The van der Waals surface area contributed by atoms with Crippen LogP contribution < -0.4 is 0 Å². The quantitative estimate of drug-likeness (QED) is 0.175. The number of rotatable bonds is 3. The lowest BCUT2D eigenvalue weighted by Crippen LogP contribution is -1.92. The Labute approximate surface area is 302 Å². The van der Waals surface area contributed by atoms with Gasteiger partial charge in [-0.2, -0.15) is 0 Å². The molecule has 3 aromatic heterocycles. The zero-order valence-corrected chi connectivity index (χ0v) is 28.4. The maximum absolute atomic E-state index is 6.92. The number of furan rings is 3. The molecule has 0 radical (unpaired) electrons. The average Bonchev–Trinajstić information content (AvgIpc) is 3.91. The van der Waals surface area contributed by atoms with E-state index in [1.165, 1.54) is 27.1 Å². The SMILES string of the molecule is c1ccc2c(c1)oc1ccc(-c3c4ccccc4c(-c4ccc(-c5cccc6c5oc5ccccc56)c5c4oc4ccccc45)c4ccccc34)cc12. The molecule has 3 nitrogen and oxygen atoms in total. The van der Waals surface area contributed by atoms with Gasteiger partial charge < -0.3 is 13.3 Å². The van der Waals surface area contributed by atoms with Crippen LogP contribution in [0, 0.1) is 0 Å². The molecule has 3 heteroatoms. The average molecular weight is 677 g/mol. The first kappa shape index (κ1) is 28.6. The molecule has 0 saturated heterocycles. The van der Waals surface area contributed by atoms with E-state index >= 15 is 0 Å². The van der Waals surface area contributed by atoms with Gasteiger partial charge in [0.15, 0.2) is 0 Å². The van der Waals surface area contributed by atoms with Gasteiger partial charge >= 0.3 is 0 Å². The first-order chi connectivity index (χ1) is 26.3. The van der Waals surface area contributed by atoms with E-state index in [2.05, 4.69) is 140 Å². The number of fused-ring (bicyclic) bond motifs is 11. The minimum absolute atomic E-state index is 0.860. The predicted molar refractivity (Wildman–Crippen MR) is 220 cm³/mol. The van der Waals surface area contributed by atoms with Crippen molar-refractivity contribution >= 4 is 87.4 Å². The zero-order valence-electron chi connectivity index (χ0n) is 28.4. The Kier molecular flexibility index (Phi) is 5.77. The molecule has 0 amide bonds. The van der Waals surface area contributed by atoms with Gasteiger partial charge in [0.25, 0.3) is 0 Å². The molecule has 0 fully saturated rings. The van der Waals surface area contributed by atoms with Crippen LogP contribution >= 0.6 is 0 Å². The van der Waals surface area contributed by atoms with Gasteiger partial charge in [-0.05, 0) is 74.6 Å². The largest absolute Gasteiger partial charge is 0.456 e. The molecule has 0 saturated carbocycles. The fourth-order valence-corrected chi connectivity index (χ4v) is 8.82. The van der Waals surface area contributed by atoms with E-state index in [1.54, 1.807) is 0 Å². The van der Waals surface area contributed by atoms with Crippen molar-refractivity contribution < 1.29 is 13.3 Å². The molecule has 0 unspecified atom stereocenters. The molecule has 0 aliphatic heterocycles. The maximum Gasteiger partial charge on any atom is 0.143 e. The van der Waals surface area contributed by atoms with Crippen LogP contribution in [0.3, 0.4) is 0 Å². The van der Waals surface area contributed by atoms with Crippen LogP contribution in [-0.4, -0.2) is 0 Å². The fraction of sp³-hybridized carbons (Fsp3) is 0. The normalized spacial score (nSPS) is 12.2. The van der Waals surface area contributed by atoms with Gasteiger partial charge in [0.2, 0.25) is 0 Å². The fourth-order valence-electron chi connectivity index (χ4n) is 8.82. The highest BCUT2D eigenvalue weighted by atomic mass is 16.3. The highest BCUT2D eigenvalue weighted by molar-refractivity contribution is 6.26. The van der Waals surface area contributed by atoms with E-state index in [0.717, 1.165) is 93.6 Å². The number of hydrogen-bond donors (Lipinski definition) is 0. The van der Waals surface area contributed by atoms with Gasteiger partial charge in [-0.25, -0.2) is 0 Å². The summed E-state index contributed by atoms with van der Waals surface area (Å²) in [7, 11) is 0. The van der Waals surface area contributed by atoms with Crippen molar-refractivity contribution in [2.75, 3.05) is 0 Å². The Balaban J connectivity index is 1.17. The van der Waals surface area contributed by atoms with Crippen LogP contribution in [0.1, 0.15) is 0 Å². The molecule has 0 spiro atoms. The lowest BCUT2D eigenvalue weighted by atomic mass is 9.84. The Hall–Kier alpha value is -7.10. The summed E-state index contributed by atoms with van der Waals surface area (Å²) in [5.41, 5.74) is 12.0. The molecule has 0 atom stereocenters. The van der Waals surface area contributed by atoms with E-state index in [9.17, 15) is 0 Å². The second-order valence-corrected chi connectivity index (χ2v) is 13.9. The zero-order chi connectivity index (χ0) is 34.6. The molecule has 12 rings (SSSR count). The van der Waals surface area contributed by atoms with Crippen molar-refractivity contribution in [1.29, 1.82) is 0 Å². The van der Waals surface area contributed by atoms with Crippen molar-refractivity contribution in [3.63, 3.8) is 0 Å². The highest BCUT2D eigenvalue weighted by Gasteiger charge is 2.24. The van der Waals surface area contributed by atoms with Crippen LogP contribution in [0.5, 0.6) is 0 Å². The lowest BCUT2D eigenvalue weighted by molar-refractivity contribution is 0.668. The Morgan fingerprint density at radius 2 is 0.755 bits per heavy atom. The molecule has 0 bridgehead atoms. The summed E-state index contributed by atoms with van der Waals surface area (Å²) >= 11 is 0. The molecule has 12 aromatic rings. The van der Waals surface area contributed by atoms with Gasteiger partial charge in [-0.15, -0.1) is 0 Å². The minimum Gasteiger partial charge on any atom is -0.456 e. The third-order valence-electron chi connectivity index (χ3n) is 11.1. The minimum atomic E-state index is 0.860. The molecule has 246 valence electrons. The molecule has 3 heterocycles. The summed E-state index contributed by atoms with van der Waals surface area (Å²) in [4.78, 5) is 0. The van der Waals surface area contributed by atoms with Crippen LogP contribution in [0.4, 0.5) is 0 Å². The Bertz CT molecular complexity index is 3410. The third kappa shape index (κ3) is 3.99. The van der Waals surface area contributed by atoms with E-state index in [1.807, 2.05) is 30.3 Å². The molecule has 0 aliphatic carbocycles. The first-order valence-corrected chi connectivity index (χ1v) is 18.0. The summed E-state index contributed by atoms with van der Waals surface area (Å²) in [6.45, 7) is 0. The second-order valence-electron chi connectivity index (χ2n) is 13.9. The lowest BCUT2D eigenvalue weighted by Gasteiger charge is -2.18. The third-order valence-corrected chi connectivity index (χ3v) is 11.1. The van der Waals surface area contributed by atoms with Crippen LogP contribution in [0.15, 0.2) is 183 Å². The number of para-hydroxylation sites is 4. The highest BCUT2D eigenvalue weighted by Crippen LogP contribution is 2.49. The van der Waals surface area contributed by atoms with Gasteiger partial charge in [-0.3, -0.25) is 0 Å². The second kappa shape index (κ2) is 10.7. The monoisotopic (exact) mass is 676 g/mol. The predicted octanol–water partition coefficient (Wildman–Crippen LogP) is 14.7. The summed E-state index contributed by atoms with van der Waals surface area (Å²) in [6, 6.07) is 60.1. The summed E-state index contributed by atoms with van der Waals surface area (Å²) in [5, 5.41) is 11.4. The van der Waals surface area contributed by atoms with E-state index in [-0.39, 0.29) is 0 Å². The first-order valence-electron chi connectivity index (χ1n) is 18.0.